The first-order chi connectivity index (χ1) is 4.84. The minimum absolute atomic E-state index is 0.525. The van der Waals surface area contributed by atoms with Crippen LogP contribution in [0.3, 0.4) is 0 Å². The van der Waals surface area contributed by atoms with Crippen molar-refractivity contribution >= 4 is 11.6 Å². The monoisotopic (exact) mass is 155 g/mol. The molecule has 0 unspecified atom stereocenters. The Kier molecular flexibility index (Phi) is 2.72. The van der Waals surface area contributed by atoms with E-state index in [1.54, 1.807) is 0 Å². The molecule has 0 aromatic rings. The van der Waals surface area contributed by atoms with Gasteiger partial charge in [0.05, 0.1) is 0 Å². The molecule has 2 N–H and O–H groups in total. The third kappa shape index (κ3) is 1.72. The van der Waals surface area contributed by atoms with Gasteiger partial charge >= 0.3 is 0 Å². The molecule has 0 radical (unpaired) electrons. The Hall–Kier alpha value is -0.530. The van der Waals surface area contributed by atoms with Crippen molar-refractivity contribution in [3.05, 3.63) is 34.9 Å². The normalized spacial score (nSPS) is 17.8. The largest absolute Gasteiger partial charge is 0.326 e. The summed E-state index contributed by atoms with van der Waals surface area (Å²) in [4.78, 5) is 0. The highest BCUT2D eigenvalue weighted by Crippen LogP contribution is 2.17. The minimum atomic E-state index is 0.525. The summed E-state index contributed by atoms with van der Waals surface area (Å²) < 4.78 is 0. The number of hydrogen-bond donors (Lipinski definition) is 1. The third-order valence-corrected chi connectivity index (χ3v) is 1.81. The van der Waals surface area contributed by atoms with Crippen molar-refractivity contribution in [2.75, 3.05) is 6.54 Å². The van der Waals surface area contributed by atoms with Crippen LogP contribution in [0.25, 0.3) is 0 Å². The molecule has 0 aliphatic heterocycles. The van der Waals surface area contributed by atoms with E-state index in [0.29, 0.717) is 6.54 Å². The molecule has 1 nitrogen and oxygen atoms in total. The average molecular weight is 156 g/mol. The second-order valence-electron chi connectivity index (χ2n) is 2.13. The van der Waals surface area contributed by atoms with E-state index >= 15 is 0 Å². The Morgan fingerprint density at radius 3 is 3.00 bits per heavy atom. The lowest BCUT2D eigenvalue weighted by molar-refractivity contribution is 1.15. The second-order valence-corrected chi connectivity index (χ2v) is 2.58. The lowest BCUT2D eigenvalue weighted by Gasteiger charge is -1.98. The van der Waals surface area contributed by atoms with Crippen LogP contribution in [0.1, 0.15) is 6.42 Å². The second kappa shape index (κ2) is 3.59. The summed E-state index contributed by atoms with van der Waals surface area (Å²) in [6.45, 7) is 0.525. The molecule has 2 heteroatoms. The van der Waals surface area contributed by atoms with Crippen molar-refractivity contribution in [2.24, 2.45) is 5.73 Å². The van der Waals surface area contributed by atoms with Crippen LogP contribution in [0.5, 0.6) is 0 Å². The zero-order chi connectivity index (χ0) is 7.40. The van der Waals surface area contributed by atoms with Gasteiger partial charge in [-0.25, -0.2) is 0 Å². The molecule has 0 heterocycles. The summed E-state index contributed by atoms with van der Waals surface area (Å²) in [7, 11) is 0. The number of rotatable bonds is 1. The quantitative estimate of drug-likeness (QED) is 0.616. The Morgan fingerprint density at radius 2 is 2.30 bits per heavy atom. The van der Waals surface area contributed by atoms with Crippen LogP contribution < -0.4 is 5.73 Å². The maximum absolute atomic E-state index is 5.88. The highest BCUT2D eigenvalue weighted by molar-refractivity contribution is 6.30. The molecule has 0 spiro atoms. The maximum Gasteiger partial charge on any atom is 0.0263 e. The van der Waals surface area contributed by atoms with E-state index in [0.717, 1.165) is 17.0 Å². The van der Waals surface area contributed by atoms with Crippen LogP contribution in [-0.4, -0.2) is 6.54 Å². The molecule has 0 fully saturated rings. The van der Waals surface area contributed by atoms with Gasteiger partial charge in [0, 0.05) is 18.0 Å². The Bertz CT molecular complexity index is 201. The van der Waals surface area contributed by atoms with Gasteiger partial charge in [0.25, 0.3) is 0 Å². The average Bonchev–Trinajstić information content (AvgIpc) is 2.13. The molecular formula is C8H10ClN. The van der Waals surface area contributed by atoms with Crippen LogP contribution in [0.15, 0.2) is 34.9 Å². The van der Waals surface area contributed by atoms with E-state index in [4.69, 9.17) is 17.3 Å². The molecular weight excluding hydrogens is 146 g/mol. The Labute approximate surface area is 65.9 Å². The molecule has 0 amide bonds. The number of nitrogens with two attached hydrogens (primary N) is 1. The maximum atomic E-state index is 5.88. The Morgan fingerprint density at radius 1 is 1.50 bits per heavy atom. The van der Waals surface area contributed by atoms with E-state index in [2.05, 4.69) is 0 Å². The van der Waals surface area contributed by atoms with Crippen molar-refractivity contribution in [1.29, 1.82) is 0 Å². The van der Waals surface area contributed by atoms with Crippen molar-refractivity contribution in [3.63, 3.8) is 0 Å². The smallest absolute Gasteiger partial charge is 0.0263 e. The molecule has 0 aromatic carbocycles. The highest BCUT2D eigenvalue weighted by atomic mass is 35.5. The Balaban J connectivity index is 2.82. The van der Waals surface area contributed by atoms with Gasteiger partial charge in [-0.15, -0.1) is 0 Å². The van der Waals surface area contributed by atoms with E-state index in [-0.39, 0.29) is 0 Å². The molecule has 0 saturated carbocycles. The van der Waals surface area contributed by atoms with Crippen LogP contribution in [0.2, 0.25) is 0 Å². The predicted molar refractivity (Wildman–Crippen MR) is 44.8 cm³/mol. The number of halogens is 1. The van der Waals surface area contributed by atoms with Crippen LogP contribution in [0, 0.1) is 0 Å². The molecule has 10 heavy (non-hydrogen) atoms. The summed E-state index contributed by atoms with van der Waals surface area (Å²) in [5.41, 5.74) is 6.48. The van der Waals surface area contributed by atoms with Gasteiger partial charge in [-0.3, -0.25) is 0 Å². The van der Waals surface area contributed by atoms with Gasteiger partial charge in [-0.05, 0) is 5.57 Å². The zero-order valence-corrected chi connectivity index (χ0v) is 6.43. The van der Waals surface area contributed by atoms with E-state index < -0.39 is 0 Å². The summed E-state index contributed by atoms with van der Waals surface area (Å²) in [5, 5.41) is 0.854. The van der Waals surface area contributed by atoms with Gasteiger partial charge in [-0.2, -0.15) is 0 Å². The van der Waals surface area contributed by atoms with Crippen LogP contribution in [-0.2, 0) is 0 Å². The molecule has 0 atom stereocenters. The van der Waals surface area contributed by atoms with E-state index in [1.807, 2.05) is 24.3 Å². The van der Waals surface area contributed by atoms with Gasteiger partial charge < -0.3 is 5.73 Å². The van der Waals surface area contributed by atoms with Gasteiger partial charge in [-0.1, -0.05) is 35.9 Å². The lowest BCUT2D eigenvalue weighted by atomic mass is 10.2. The van der Waals surface area contributed by atoms with E-state index in [1.165, 1.54) is 0 Å². The summed E-state index contributed by atoms with van der Waals surface area (Å²) in [6, 6.07) is 0. The fraction of sp³-hybridized carbons (Fsp3) is 0.250. The fourth-order valence-corrected chi connectivity index (χ4v) is 1.05. The van der Waals surface area contributed by atoms with Gasteiger partial charge in [0.2, 0.25) is 0 Å². The molecule has 0 bridgehead atoms. The zero-order valence-electron chi connectivity index (χ0n) is 5.68. The summed E-state index contributed by atoms with van der Waals surface area (Å²) in [6.07, 6.45) is 8.71. The van der Waals surface area contributed by atoms with Crippen molar-refractivity contribution in [2.45, 2.75) is 6.42 Å². The molecule has 54 valence electrons. The number of allylic oxidation sites excluding steroid dienone is 4. The fourth-order valence-electron chi connectivity index (χ4n) is 0.822. The molecule has 0 aromatic heterocycles. The van der Waals surface area contributed by atoms with Crippen LogP contribution in [0.4, 0.5) is 0 Å². The minimum Gasteiger partial charge on any atom is -0.326 e. The number of hydrogen-bond acceptors (Lipinski definition) is 1. The first-order valence-electron chi connectivity index (χ1n) is 3.25. The molecule has 0 saturated heterocycles. The van der Waals surface area contributed by atoms with Gasteiger partial charge in [0.15, 0.2) is 0 Å². The van der Waals surface area contributed by atoms with Crippen LogP contribution >= 0.6 is 11.6 Å². The van der Waals surface area contributed by atoms with Crippen molar-refractivity contribution in [1.82, 2.24) is 0 Å². The lowest BCUT2D eigenvalue weighted by Crippen LogP contribution is -2.01. The highest BCUT2D eigenvalue weighted by Gasteiger charge is 1.98. The third-order valence-electron chi connectivity index (χ3n) is 1.41. The SMILES string of the molecule is NCC1=C(Cl)CC=CC=C1. The first-order valence-corrected chi connectivity index (χ1v) is 3.63. The van der Waals surface area contributed by atoms with Crippen molar-refractivity contribution < 1.29 is 0 Å². The summed E-state index contributed by atoms with van der Waals surface area (Å²) >= 11 is 5.88. The standard InChI is InChI=1S/C8H10ClN/c9-8-5-3-1-2-4-7(8)6-10/h1-4H,5-6,10H2. The molecule has 1 aliphatic carbocycles. The van der Waals surface area contributed by atoms with Gasteiger partial charge in [0.1, 0.15) is 0 Å². The topological polar surface area (TPSA) is 26.0 Å². The first kappa shape index (κ1) is 7.58. The summed E-state index contributed by atoms with van der Waals surface area (Å²) in [5.74, 6) is 0. The van der Waals surface area contributed by atoms with E-state index in [9.17, 15) is 0 Å². The predicted octanol–water partition coefficient (Wildman–Crippen LogP) is 1.95. The molecule has 1 aliphatic rings. The van der Waals surface area contributed by atoms with Crippen molar-refractivity contribution in [3.8, 4) is 0 Å². The molecule has 1 rings (SSSR count).